The van der Waals surface area contributed by atoms with Crippen molar-refractivity contribution in [2.75, 3.05) is 10.6 Å². The lowest BCUT2D eigenvalue weighted by molar-refractivity contribution is 0.102. The molecule has 1 aromatic carbocycles. The molecule has 0 atom stereocenters. The van der Waals surface area contributed by atoms with Crippen LogP contribution < -0.4 is 10.6 Å². The molecule has 8 heteroatoms. The molecule has 0 radical (unpaired) electrons. The molecule has 0 aliphatic heterocycles. The number of rotatable bonds is 4. The predicted molar refractivity (Wildman–Crippen MR) is 85.6 cm³/mol. The van der Waals surface area contributed by atoms with Crippen LogP contribution in [0.1, 0.15) is 22.1 Å². The van der Waals surface area contributed by atoms with Crippen molar-refractivity contribution in [3.8, 4) is 0 Å². The molecule has 0 aliphatic rings. The van der Waals surface area contributed by atoms with Crippen LogP contribution in [-0.4, -0.2) is 21.0 Å². The smallest absolute Gasteiger partial charge is 0.275 e. The lowest BCUT2D eigenvalue weighted by Gasteiger charge is -2.09. The van der Waals surface area contributed by atoms with E-state index in [1.165, 1.54) is 12.1 Å². The number of benzene rings is 1. The van der Waals surface area contributed by atoms with Crippen LogP contribution in [0.2, 0.25) is 0 Å². The number of carbonyl (C=O) groups excluding carboxylic acids is 1. The first-order valence-electron chi connectivity index (χ1n) is 7.13. The van der Waals surface area contributed by atoms with Gasteiger partial charge in [0.2, 0.25) is 0 Å². The number of nitrogens with zero attached hydrogens (tertiary/aromatic N) is 3. The Labute approximate surface area is 136 Å². The highest BCUT2D eigenvalue weighted by atomic mass is 19.1. The Morgan fingerprint density at radius 2 is 1.92 bits per heavy atom. The second kappa shape index (κ2) is 6.45. The van der Waals surface area contributed by atoms with E-state index in [2.05, 4.69) is 25.8 Å². The van der Waals surface area contributed by atoms with Crippen LogP contribution in [0.3, 0.4) is 0 Å². The van der Waals surface area contributed by atoms with Crippen LogP contribution in [0.4, 0.5) is 21.7 Å². The minimum Gasteiger partial charge on any atom is -0.360 e. The summed E-state index contributed by atoms with van der Waals surface area (Å²) in [5, 5.41) is 9.10. The quantitative estimate of drug-likeness (QED) is 0.764. The molecule has 0 aliphatic carbocycles. The standard InChI is InChI=1S/C16H14FN5O2/c1-9-7-15(22-24-9)21-16(23)13-8-14(19-10(2)18-13)20-12-6-4-3-5-11(12)17/h3-8H,1-2H3,(H,18,19,20)(H,21,22,23). The number of aromatic nitrogens is 3. The molecule has 2 heterocycles. The van der Waals surface area contributed by atoms with E-state index < -0.39 is 11.7 Å². The number of amides is 1. The first kappa shape index (κ1) is 15.6. The fourth-order valence-electron chi connectivity index (χ4n) is 2.05. The van der Waals surface area contributed by atoms with Crippen molar-refractivity contribution >= 4 is 23.2 Å². The summed E-state index contributed by atoms with van der Waals surface area (Å²) in [6.07, 6.45) is 0. The maximum Gasteiger partial charge on any atom is 0.275 e. The van der Waals surface area contributed by atoms with Gasteiger partial charge in [-0.2, -0.15) is 0 Å². The minimum absolute atomic E-state index is 0.127. The zero-order valence-electron chi connectivity index (χ0n) is 13.0. The second-order valence-electron chi connectivity index (χ2n) is 5.07. The van der Waals surface area contributed by atoms with Crippen LogP contribution in [0.5, 0.6) is 0 Å². The number of carbonyl (C=O) groups is 1. The lowest BCUT2D eigenvalue weighted by Crippen LogP contribution is -2.15. The van der Waals surface area contributed by atoms with E-state index in [-0.39, 0.29) is 17.2 Å². The summed E-state index contributed by atoms with van der Waals surface area (Å²) in [7, 11) is 0. The Morgan fingerprint density at radius 1 is 1.12 bits per heavy atom. The molecule has 0 saturated carbocycles. The minimum atomic E-state index is -0.467. The van der Waals surface area contributed by atoms with Gasteiger partial charge in [-0.05, 0) is 26.0 Å². The molecular weight excluding hydrogens is 313 g/mol. The molecule has 0 fully saturated rings. The van der Waals surface area contributed by atoms with Crippen molar-refractivity contribution in [3.63, 3.8) is 0 Å². The highest BCUT2D eigenvalue weighted by Crippen LogP contribution is 2.19. The van der Waals surface area contributed by atoms with Gasteiger partial charge in [0.1, 0.15) is 28.9 Å². The Kier molecular flexibility index (Phi) is 4.19. The van der Waals surface area contributed by atoms with Gasteiger partial charge in [-0.1, -0.05) is 17.3 Å². The van der Waals surface area contributed by atoms with Crippen LogP contribution in [0, 0.1) is 19.7 Å². The van der Waals surface area contributed by atoms with Crippen molar-refractivity contribution in [2.45, 2.75) is 13.8 Å². The van der Waals surface area contributed by atoms with Gasteiger partial charge in [0.15, 0.2) is 5.82 Å². The summed E-state index contributed by atoms with van der Waals surface area (Å²) in [4.78, 5) is 20.5. The van der Waals surface area contributed by atoms with E-state index >= 15 is 0 Å². The van der Waals surface area contributed by atoms with E-state index in [1.54, 1.807) is 38.1 Å². The summed E-state index contributed by atoms with van der Waals surface area (Å²) < 4.78 is 18.6. The molecule has 2 aromatic heterocycles. The fraction of sp³-hybridized carbons (Fsp3) is 0.125. The van der Waals surface area contributed by atoms with E-state index in [4.69, 9.17) is 4.52 Å². The number of para-hydroxylation sites is 1. The third-order valence-corrected chi connectivity index (χ3v) is 3.08. The third-order valence-electron chi connectivity index (χ3n) is 3.08. The SMILES string of the molecule is Cc1nc(Nc2ccccc2F)cc(C(=O)Nc2cc(C)on2)n1. The van der Waals surface area contributed by atoms with Crippen LogP contribution in [0.25, 0.3) is 0 Å². The monoisotopic (exact) mass is 327 g/mol. The zero-order chi connectivity index (χ0) is 17.1. The Morgan fingerprint density at radius 3 is 2.62 bits per heavy atom. The Balaban J connectivity index is 1.83. The maximum absolute atomic E-state index is 13.7. The van der Waals surface area contributed by atoms with Crippen molar-refractivity contribution < 1.29 is 13.7 Å². The first-order chi connectivity index (χ1) is 11.5. The van der Waals surface area contributed by atoms with Gasteiger partial charge in [-0.15, -0.1) is 0 Å². The normalized spacial score (nSPS) is 10.5. The topological polar surface area (TPSA) is 92.9 Å². The average Bonchev–Trinajstić information content (AvgIpc) is 2.94. The van der Waals surface area contributed by atoms with Crippen molar-refractivity contribution in [1.82, 2.24) is 15.1 Å². The number of hydrogen-bond donors (Lipinski definition) is 2. The van der Waals surface area contributed by atoms with Gasteiger partial charge in [0, 0.05) is 12.1 Å². The van der Waals surface area contributed by atoms with Crippen LogP contribution in [0.15, 0.2) is 40.9 Å². The van der Waals surface area contributed by atoms with Gasteiger partial charge in [0.05, 0.1) is 5.69 Å². The summed E-state index contributed by atoms with van der Waals surface area (Å²) in [6, 6.07) is 9.21. The first-order valence-corrected chi connectivity index (χ1v) is 7.13. The number of nitrogens with one attached hydrogen (secondary N) is 2. The van der Waals surface area contributed by atoms with E-state index in [1.807, 2.05) is 0 Å². The number of halogens is 1. The summed E-state index contributed by atoms with van der Waals surface area (Å²) in [6.45, 7) is 3.36. The molecule has 0 spiro atoms. The molecule has 1 amide bonds. The van der Waals surface area contributed by atoms with Crippen molar-refractivity contribution in [2.24, 2.45) is 0 Å². The highest BCUT2D eigenvalue weighted by molar-refractivity contribution is 6.02. The maximum atomic E-state index is 13.7. The van der Waals surface area contributed by atoms with Gasteiger partial charge < -0.3 is 15.2 Å². The predicted octanol–water partition coefficient (Wildman–Crippen LogP) is 3.22. The number of hydrogen-bond acceptors (Lipinski definition) is 6. The van der Waals surface area contributed by atoms with E-state index in [0.717, 1.165) is 0 Å². The van der Waals surface area contributed by atoms with Gasteiger partial charge in [0.25, 0.3) is 5.91 Å². The van der Waals surface area contributed by atoms with Crippen LogP contribution in [-0.2, 0) is 0 Å². The summed E-state index contributed by atoms with van der Waals surface area (Å²) in [5.74, 6) is 0.665. The highest BCUT2D eigenvalue weighted by Gasteiger charge is 2.13. The molecule has 24 heavy (non-hydrogen) atoms. The fourth-order valence-corrected chi connectivity index (χ4v) is 2.05. The zero-order valence-corrected chi connectivity index (χ0v) is 13.0. The van der Waals surface area contributed by atoms with Crippen molar-refractivity contribution in [3.05, 3.63) is 59.5 Å². The molecule has 2 N–H and O–H groups in total. The van der Waals surface area contributed by atoms with Crippen molar-refractivity contribution in [1.29, 1.82) is 0 Å². The molecule has 0 bridgehead atoms. The average molecular weight is 327 g/mol. The number of aryl methyl sites for hydroxylation is 2. The number of anilines is 3. The Hall–Kier alpha value is -3.29. The molecule has 0 saturated heterocycles. The summed E-state index contributed by atoms with van der Waals surface area (Å²) in [5.41, 5.74) is 0.385. The largest absolute Gasteiger partial charge is 0.360 e. The molecular formula is C16H14FN5O2. The van der Waals surface area contributed by atoms with Gasteiger partial charge in [-0.3, -0.25) is 4.79 Å². The van der Waals surface area contributed by atoms with E-state index in [0.29, 0.717) is 17.4 Å². The summed E-state index contributed by atoms with van der Waals surface area (Å²) >= 11 is 0. The molecule has 122 valence electrons. The molecule has 0 unspecified atom stereocenters. The third kappa shape index (κ3) is 3.54. The Bertz CT molecular complexity index is 894. The van der Waals surface area contributed by atoms with Gasteiger partial charge in [-0.25, -0.2) is 14.4 Å². The molecule has 7 nitrogen and oxygen atoms in total. The lowest BCUT2D eigenvalue weighted by atomic mass is 10.3. The van der Waals surface area contributed by atoms with Crippen LogP contribution >= 0.6 is 0 Å². The second-order valence-corrected chi connectivity index (χ2v) is 5.07. The molecule has 3 aromatic rings. The molecule has 3 rings (SSSR count). The van der Waals surface area contributed by atoms with E-state index in [9.17, 15) is 9.18 Å². The van der Waals surface area contributed by atoms with Gasteiger partial charge >= 0.3 is 0 Å².